The summed E-state index contributed by atoms with van der Waals surface area (Å²) in [6.07, 6.45) is 6.50. The van der Waals surface area contributed by atoms with Gasteiger partial charge in [0.1, 0.15) is 0 Å². The largest absolute Gasteiger partial charge is 0.398 e. The fraction of sp³-hybridized carbons (Fsp3) is 0.385. The third-order valence-electron chi connectivity index (χ3n) is 6.89. The summed E-state index contributed by atoms with van der Waals surface area (Å²) in [5, 5.41) is 10.3. The minimum atomic E-state index is -0.400. The van der Waals surface area contributed by atoms with Gasteiger partial charge in [-0.15, -0.1) is 0 Å². The second kappa shape index (κ2) is 8.67. The van der Waals surface area contributed by atoms with E-state index < -0.39 is 6.10 Å². The van der Waals surface area contributed by atoms with Crippen LogP contribution in [0.25, 0.3) is 5.70 Å². The number of amides is 1. The Morgan fingerprint density at radius 2 is 1.97 bits per heavy atom. The number of aliphatic hydroxyl groups excluding tert-OH is 1. The lowest BCUT2D eigenvalue weighted by atomic mass is 9.91. The van der Waals surface area contributed by atoms with Gasteiger partial charge in [-0.05, 0) is 85.1 Å². The van der Waals surface area contributed by atoms with E-state index in [9.17, 15) is 9.90 Å². The minimum Gasteiger partial charge on any atom is -0.398 e. The first-order valence-corrected chi connectivity index (χ1v) is 11.0. The maximum absolute atomic E-state index is 13.2. The molecule has 0 saturated heterocycles. The maximum Gasteiger partial charge on any atom is 0.254 e. The summed E-state index contributed by atoms with van der Waals surface area (Å²) in [6, 6.07) is 10.2. The average Bonchev–Trinajstić information content (AvgIpc) is 3.33. The summed E-state index contributed by atoms with van der Waals surface area (Å²) in [4.78, 5) is 19.0. The van der Waals surface area contributed by atoms with Crippen LogP contribution in [0, 0.1) is 13.8 Å². The topological polar surface area (TPSA) is 78.9 Å². The Hall–Kier alpha value is -2.92. The predicted octanol–water partition coefficient (Wildman–Crippen LogP) is 3.76. The molecule has 0 spiro atoms. The van der Waals surface area contributed by atoms with Crippen molar-refractivity contribution in [3.8, 4) is 0 Å². The zero-order valence-corrected chi connectivity index (χ0v) is 18.6. The van der Waals surface area contributed by atoms with Gasteiger partial charge in [0.15, 0.2) is 0 Å². The third kappa shape index (κ3) is 4.02. The van der Waals surface area contributed by atoms with Crippen molar-refractivity contribution in [1.29, 1.82) is 0 Å². The Bertz CT molecular complexity index is 1050. The fourth-order valence-electron chi connectivity index (χ4n) is 4.85. The Balaban J connectivity index is 1.58. The van der Waals surface area contributed by atoms with E-state index in [-0.39, 0.29) is 11.9 Å². The number of allylic oxidation sites excluding steroid dienone is 1. The van der Waals surface area contributed by atoms with Crippen molar-refractivity contribution in [1.82, 2.24) is 4.90 Å². The summed E-state index contributed by atoms with van der Waals surface area (Å²) in [5.74, 6) is 0.0659. The molecule has 1 saturated carbocycles. The Kier molecular flexibility index (Phi) is 5.96. The predicted molar refractivity (Wildman–Crippen MR) is 125 cm³/mol. The second-order valence-corrected chi connectivity index (χ2v) is 8.71. The Labute approximate surface area is 184 Å². The number of aliphatic imine (C=N–C) groups is 1. The summed E-state index contributed by atoms with van der Waals surface area (Å²) < 4.78 is 0. The van der Waals surface area contributed by atoms with Gasteiger partial charge in [-0.2, -0.15) is 0 Å². The van der Waals surface area contributed by atoms with Crippen LogP contribution in [0.1, 0.15) is 63.0 Å². The van der Waals surface area contributed by atoms with E-state index in [4.69, 9.17) is 5.73 Å². The molecule has 2 atom stereocenters. The van der Waals surface area contributed by atoms with Crippen LogP contribution in [0.2, 0.25) is 0 Å². The molecule has 4 rings (SSSR count). The van der Waals surface area contributed by atoms with E-state index in [0.29, 0.717) is 12.2 Å². The molecule has 2 aromatic rings. The molecule has 2 aromatic carbocycles. The highest BCUT2D eigenvalue weighted by atomic mass is 16.3. The molecule has 1 aliphatic carbocycles. The van der Waals surface area contributed by atoms with Crippen molar-refractivity contribution in [3.05, 3.63) is 75.4 Å². The van der Waals surface area contributed by atoms with Gasteiger partial charge in [-0.3, -0.25) is 9.79 Å². The number of aliphatic hydroxyl groups is 1. The van der Waals surface area contributed by atoms with Crippen LogP contribution < -0.4 is 5.73 Å². The molecular weight excluding hydrogens is 386 g/mol. The molecule has 3 N–H and O–H groups in total. The lowest BCUT2D eigenvalue weighted by Gasteiger charge is -2.26. The average molecular weight is 418 g/mol. The molecule has 0 radical (unpaired) electrons. The van der Waals surface area contributed by atoms with Gasteiger partial charge < -0.3 is 15.7 Å². The van der Waals surface area contributed by atoms with Crippen molar-refractivity contribution in [2.45, 2.75) is 58.2 Å². The first kappa shape index (κ1) is 21.3. The molecule has 2 aliphatic rings. The number of carbonyl (C=O) groups excluding carboxylic acids is 1. The van der Waals surface area contributed by atoms with Crippen molar-refractivity contribution in [2.24, 2.45) is 10.7 Å². The van der Waals surface area contributed by atoms with E-state index in [1.807, 2.05) is 17.0 Å². The van der Waals surface area contributed by atoms with Crippen molar-refractivity contribution < 1.29 is 9.90 Å². The van der Waals surface area contributed by atoms with Crippen LogP contribution in [0.15, 0.2) is 41.4 Å². The number of hydrogen-bond donors (Lipinski definition) is 2. The van der Waals surface area contributed by atoms with E-state index in [2.05, 4.69) is 37.0 Å². The molecule has 0 unspecified atom stereocenters. The summed E-state index contributed by atoms with van der Waals surface area (Å²) in [6.45, 7) is 4.87. The Morgan fingerprint density at radius 3 is 2.61 bits per heavy atom. The number of nitrogens with two attached hydrogens (primary N) is 1. The van der Waals surface area contributed by atoms with Gasteiger partial charge in [-0.1, -0.05) is 24.3 Å². The SMILES string of the molecule is CN=CC=C(N)c1ccc(Cc2cc3c(c(C)c2C)CN([C@H]2CCC[C@@H]2O)C3=O)cc1. The number of fused-ring (bicyclic) bond motifs is 1. The van der Waals surface area contributed by atoms with Gasteiger partial charge in [0.25, 0.3) is 5.91 Å². The normalized spacial score (nSPS) is 21.4. The number of carbonyl (C=O) groups is 1. The molecule has 0 aromatic heterocycles. The molecular formula is C26H31N3O2. The van der Waals surface area contributed by atoms with Crippen LogP contribution in [0.4, 0.5) is 0 Å². The highest BCUT2D eigenvalue weighted by molar-refractivity contribution is 5.99. The number of benzene rings is 2. The summed E-state index contributed by atoms with van der Waals surface area (Å²) in [5.41, 5.74) is 14.4. The summed E-state index contributed by atoms with van der Waals surface area (Å²) >= 11 is 0. The van der Waals surface area contributed by atoms with Crippen molar-refractivity contribution in [2.75, 3.05) is 7.05 Å². The maximum atomic E-state index is 13.2. The lowest BCUT2D eigenvalue weighted by molar-refractivity contribution is 0.0479. The number of rotatable bonds is 5. The van der Waals surface area contributed by atoms with Crippen LogP contribution in [-0.2, 0) is 13.0 Å². The smallest absolute Gasteiger partial charge is 0.254 e. The molecule has 5 nitrogen and oxygen atoms in total. The van der Waals surface area contributed by atoms with Gasteiger partial charge in [0.2, 0.25) is 0 Å². The first-order chi connectivity index (χ1) is 14.9. The van der Waals surface area contributed by atoms with Crippen molar-refractivity contribution >= 4 is 17.8 Å². The molecule has 0 bridgehead atoms. The molecule has 1 heterocycles. The van der Waals surface area contributed by atoms with Gasteiger partial charge in [-0.25, -0.2) is 0 Å². The lowest BCUT2D eigenvalue weighted by Crippen LogP contribution is -2.40. The zero-order chi connectivity index (χ0) is 22.1. The number of hydrogen-bond acceptors (Lipinski definition) is 4. The highest BCUT2D eigenvalue weighted by Crippen LogP contribution is 2.35. The van der Waals surface area contributed by atoms with E-state index >= 15 is 0 Å². The third-order valence-corrected chi connectivity index (χ3v) is 6.89. The van der Waals surface area contributed by atoms with Crippen LogP contribution in [0.5, 0.6) is 0 Å². The standard InChI is InChI=1S/C26H31N3O2/c1-16-17(2)22-15-29(24-5-4-6-25(24)30)26(31)21(22)14-20(16)13-18-7-9-19(10-8-18)23(27)11-12-28-3/h7-12,14,24-25,30H,4-6,13,15,27H2,1-3H3/t24-,25-/m0/s1. The summed E-state index contributed by atoms with van der Waals surface area (Å²) in [7, 11) is 1.72. The van der Waals surface area contributed by atoms with Crippen LogP contribution in [-0.4, -0.2) is 41.3 Å². The van der Waals surface area contributed by atoms with Crippen LogP contribution in [0.3, 0.4) is 0 Å². The van der Waals surface area contributed by atoms with E-state index in [1.165, 1.54) is 22.3 Å². The van der Waals surface area contributed by atoms with Gasteiger partial charge in [0, 0.05) is 31.1 Å². The monoisotopic (exact) mass is 417 g/mol. The fourth-order valence-corrected chi connectivity index (χ4v) is 4.85. The van der Waals surface area contributed by atoms with Gasteiger partial charge in [0.05, 0.1) is 12.1 Å². The van der Waals surface area contributed by atoms with Crippen LogP contribution >= 0.6 is 0 Å². The minimum absolute atomic E-state index is 0.0492. The second-order valence-electron chi connectivity index (χ2n) is 8.71. The quantitative estimate of drug-likeness (QED) is 0.727. The van der Waals surface area contributed by atoms with E-state index in [1.54, 1.807) is 19.3 Å². The highest BCUT2D eigenvalue weighted by Gasteiger charge is 2.39. The Morgan fingerprint density at radius 1 is 1.23 bits per heavy atom. The molecule has 31 heavy (non-hydrogen) atoms. The van der Waals surface area contributed by atoms with Crippen molar-refractivity contribution in [3.63, 3.8) is 0 Å². The molecule has 1 amide bonds. The zero-order valence-electron chi connectivity index (χ0n) is 18.6. The van der Waals surface area contributed by atoms with E-state index in [0.717, 1.165) is 42.4 Å². The first-order valence-electron chi connectivity index (χ1n) is 11.0. The molecule has 1 aliphatic heterocycles. The number of nitrogens with zero attached hydrogens (tertiary/aromatic N) is 2. The molecule has 1 fully saturated rings. The molecule has 162 valence electrons. The molecule has 5 heteroatoms. The van der Waals surface area contributed by atoms with Gasteiger partial charge >= 0.3 is 0 Å².